The van der Waals surface area contributed by atoms with Gasteiger partial charge < -0.3 is 9.64 Å². The second kappa shape index (κ2) is 11.2. The number of tetrazole rings is 1. The number of carbonyl (C=O) groups is 2. The number of H-pyrrole nitrogens is 1. The van der Waals surface area contributed by atoms with Gasteiger partial charge in [0, 0.05) is 18.5 Å². The molecule has 0 spiro atoms. The third-order valence-electron chi connectivity index (χ3n) is 5.40. The number of hydrogen-bond donors (Lipinski definition) is 1. The first-order valence-corrected chi connectivity index (χ1v) is 10.9. The maximum Gasteiger partial charge on any atom is 0.332 e. The summed E-state index contributed by atoms with van der Waals surface area (Å²) in [4.78, 5) is 27.0. The van der Waals surface area contributed by atoms with Crippen LogP contribution in [0.25, 0.3) is 22.5 Å². The standard InChI is InChI=1S/C25H29N5O3/c1-5-6-11-22(31)30(23(17(2)3)25(32)33-4)16-18-12-14-19(15-13-18)20-9-7-8-10-21(20)24-26-28-29-27-24/h7-10,12-15,23H,2,5-6,11,16H2,1,3-4H3,(H,26,27,28,29)/t23-/m0/s1. The van der Waals surface area contributed by atoms with Crippen molar-refractivity contribution in [1.82, 2.24) is 25.5 Å². The molecule has 33 heavy (non-hydrogen) atoms. The van der Waals surface area contributed by atoms with Crippen LogP contribution < -0.4 is 0 Å². The van der Waals surface area contributed by atoms with E-state index in [1.165, 1.54) is 7.11 Å². The van der Waals surface area contributed by atoms with Crippen LogP contribution in [-0.4, -0.2) is 50.6 Å². The number of rotatable bonds is 10. The van der Waals surface area contributed by atoms with Crippen molar-refractivity contribution in [3.8, 4) is 22.5 Å². The van der Waals surface area contributed by atoms with Crippen LogP contribution in [0, 0.1) is 0 Å². The number of nitrogens with zero attached hydrogens (tertiary/aromatic N) is 4. The lowest BCUT2D eigenvalue weighted by Gasteiger charge is -2.30. The minimum absolute atomic E-state index is 0.0956. The van der Waals surface area contributed by atoms with E-state index < -0.39 is 12.0 Å². The van der Waals surface area contributed by atoms with Crippen molar-refractivity contribution in [2.45, 2.75) is 45.7 Å². The van der Waals surface area contributed by atoms with Gasteiger partial charge in [-0.1, -0.05) is 68.5 Å². The van der Waals surface area contributed by atoms with E-state index in [1.54, 1.807) is 11.8 Å². The number of carbonyl (C=O) groups excluding carboxylic acids is 2. The van der Waals surface area contributed by atoms with Crippen molar-refractivity contribution < 1.29 is 14.3 Å². The number of benzene rings is 2. The summed E-state index contributed by atoms with van der Waals surface area (Å²) in [5.41, 5.74) is 4.28. The minimum atomic E-state index is -0.821. The van der Waals surface area contributed by atoms with Crippen LogP contribution in [0.1, 0.15) is 38.7 Å². The summed E-state index contributed by atoms with van der Waals surface area (Å²) >= 11 is 0. The molecule has 2 aromatic carbocycles. The van der Waals surface area contributed by atoms with Gasteiger partial charge in [-0.05, 0) is 40.8 Å². The highest BCUT2D eigenvalue weighted by Gasteiger charge is 2.31. The summed E-state index contributed by atoms with van der Waals surface area (Å²) in [6, 6.07) is 14.9. The monoisotopic (exact) mass is 447 g/mol. The number of aromatic nitrogens is 4. The Morgan fingerprint density at radius 2 is 1.82 bits per heavy atom. The van der Waals surface area contributed by atoms with Crippen LogP contribution in [0.15, 0.2) is 60.7 Å². The fourth-order valence-electron chi connectivity index (χ4n) is 3.69. The number of hydrogen-bond acceptors (Lipinski definition) is 6. The first-order valence-electron chi connectivity index (χ1n) is 10.9. The summed E-state index contributed by atoms with van der Waals surface area (Å²) in [5.74, 6) is -0.0652. The lowest BCUT2D eigenvalue weighted by Crippen LogP contribution is -2.45. The van der Waals surface area contributed by atoms with E-state index in [2.05, 4.69) is 27.2 Å². The largest absolute Gasteiger partial charge is 0.467 e. The molecule has 172 valence electrons. The van der Waals surface area contributed by atoms with E-state index in [1.807, 2.05) is 55.5 Å². The van der Waals surface area contributed by atoms with Gasteiger partial charge in [0.2, 0.25) is 11.7 Å². The predicted octanol–water partition coefficient (Wildman–Crippen LogP) is 4.17. The lowest BCUT2D eigenvalue weighted by atomic mass is 9.98. The Morgan fingerprint density at radius 3 is 2.39 bits per heavy atom. The van der Waals surface area contributed by atoms with Crippen molar-refractivity contribution in [1.29, 1.82) is 0 Å². The molecule has 1 atom stereocenters. The van der Waals surface area contributed by atoms with Crippen molar-refractivity contribution >= 4 is 11.9 Å². The van der Waals surface area contributed by atoms with Gasteiger partial charge >= 0.3 is 5.97 Å². The smallest absolute Gasteiger partial charge is 0.332 e. The molecule has 1 aromatic heterocycles. The predicted molar refractivity (Wildman–Crippen MR) is 126 cm³/mol. The molecule has 0 aliphatic carbocycles. The van der Waals surface area contributed by atoms with Gasteiger partial charge in [0.25, 0.3) is 0 Å². The fourth-order valence-corrected chi connectivity index (χ4v) is 3.69. The maximum atomic E-state index is 13.0. The van der Waals surface area contributed by atoms with Crippen LogP contribution in [0.4, 0.5) is 0 Å². The molecule has 3 aromatic rings. The molecule has 0 fully saturated rings. The van der Waals surface area contributed by atoms with E-state index in [0.29, 0.717) is 17.8 Å². The number of methoxy groups -OCH3 is 1. The zero-order valence-corrected chi connectivity index (χ0v) is 19.2. The Hall–Kier alpha value is -3.81. The number of ether oxygens (including phenoxy) is 1. The van der Waals surface area contributed by atoms with E-state index >= 15 is 0 Å². The SMILES string of the molecule is C=C(C)[C@@H](C(=O)OC)N(Cc1ccc(-c2ccccc2-c2nn[nH]n2)cc1)C(=O)CCCC. The van der Waals surface area contributed by atoms with Crippen LogP contribution in [0.5, 0.6) is 0 Å². The summed E-state index contributed by atoms with van der Waals surface area (Å²) in [6.45, 7) is 7.97. The number of nitrogens with one attached hydrogen (secondary N) is 1. The van der Waals surface area contributed by atoms with E-state index in [4.69, 9.17) is 4.74 Å². The van der Waals surface area contributed by atoms with Gasteiger partial charge in [-0.2, -0.15) is 5.21 Å². The third kappa shape index (κ3) is 5.71. The van der Waals surface area contributed by atoms with Crippen molar-refractivity contribution in [3.63, 3.8) is 0 Å². The molecule has 0 aliphatic rings. The number of unbranched alkanes of at least 4 members (excludes halogenated alkanes) is 1. The highest BCUT2D eigenvalue weighted by Crippen LogP contribution is 2.30. The third-order valence-corrected chi connectivity index (χ3v) is 5.40. The molecule has 0 saturated heterocycles. The number of aromatic amines is 1. The highest BCUT2D eigenvalue weighted by atomic mass is 16.5. The zero-order valence-electron chi connectivity index (χ0n) is 19.2. The Bertz CT molecular complexity index is 1090. The molecule has 0 aliphatic heterocycles. The van der Waals surface area contributed by atoms with Gasteiger partial charge in [0.1, 0.15) is 0 Å². The number of esters is 1. The average Bonchev–Trinajstić information content (AvgIpc) is 3.37. The van der Waals surface area contributed by atoms with Crippen molar-refractivity contribution in [3.05, 3.63) is 66.2 Å². The summed E-state index contributed by atoms with van der Waals surface area (Å²) in [5, 5.41) is 14.3. The van der Waals surface area contributed by atoms with Crippen molar-refractivity contribution in [2.24, 2.45) is 0 Å². The molecule has 0 unspecified atom stereocenters. The Labute approximate surface area is 193 Å². The summed E-state index contributed by atoms with van der Waals surface area (Å²) < 4.78 is 4.96. The molecule has 0 saturated carbocycles. The first-order chi connectivity index (χ1) is 16.0. The van der Waals surface area contributed by atoms with Crippen LogP contribution in [0.2, 0.25) is 0 Å². The normalized spacial score (nSPS) is 11.6. The molecular formula is C25H29N5O3. The van der Waals surface area contributed by atoms with Gasteiger partial charge in [0.15, 0.2) is 6.04 Å². The van der Waals surface area contributed by atoms with Gasteiger partial charge in [-0.3, -0.25) is 4.79 Å². The Morgan fingerprint density at radius 1 is 1.12 bits per heavy atom. The molecule has 8 nitrogen and oxygen atoms in total. The topological polar surface area (TPSA) is 101 Å². The zero-order chi connectivity index (χ0) is 23.8. The minimum Gasteiger partial charge on any atom is -0.467 e. The molecule has 0 bridgehead atoms. The highest BCUT2D eigenvalue weighted by molar-refractivity contribution is 5.87. The molecular weight excluding hydrogens is 418 g/mol. The Kier molecular flexibility index (Phi) is 8.07. The fraction of sp³-hybridized carbons (Fsp3) is 0.320. The van der Waals surface area contributed by atoms with Crippen LogP contribution >= 0.6 is 0 Å². The Balaban J connectivity index is 1.89. The van der Waals surface area contributed by atoms with Gasteiger partial charge in [-0.25, -0.2) is 4.79 Å². The molecule has 1 amide bonds. The molecule has 3 rings (SSSR count). The van der Waals surface area contributed by atoms with Crippen LogP contribution in [0.3, 0.4) is 0 Å². The number of amides is 1. The lowest BCUT2D eigenvalue weighted by molar-refractivity contribution is -0.151. The van der Waals surface area contributed by atoms with E-state index in [-0.39, 0.29) is 12.5 Å². The average molecular weight is 448 g/mol. The van der Waals surface area contributed by atoms with Crippen molar-refractivity contribution in [2.75, 3.05) is 7.11 Å². The van der Waals surface area contributed by atoms with E-state index in [9.17, 15) is 9.59 Å². The molecule has 8 heteroatoms. The second-order valence-corrected chi connectivity index (χ2v) is 7.88. The first kappa shape index (κ1) is 23.8. The molecule has 1 N–H and O–H groups in total. The van der Waals surface area contributed by atoms with E-state index in [0.717, 1.165) is 35.1 Å². The molecule has 1 heterocycles. The van der Waals surface area contributed by atoms with Crippen LogP contribution in [-0.2, 0) is 20.9 Å². The van der Waals surface area contributed by atoms with Gasteiger partial charge in [0.05, 0.1) is 7.11 Å². The molecule has 0 radical (unpaired) electrons. The summed E-state index contributed by atoms with van der Waals surface area (Å²) in [6.07, 6.45) is 2.02. The van der Waals surface area contributed by atoms with Gasteiger partial charge in [-0.15, -0.1) is 10.2 Å². The summed E-state index contributed by atoms with van der Waals surface area (Å²) in [7, 11) is 1.32. The second-order valence-electron chi connectivity index (χ2n) is 7.88. The maximum absolute atomic E-state index is 13.0. The quantitative estimate of drug-likeness (QED) is 0.370.